The third-order valence-electron chi connectivity index (χ3n) is 3.72. The molecular formula is C16H18N2O2. The molecule has 20 heavy (non-hydrogen) atoms. The van der Waals surface area contributed by atoms with Crippen molar-refractivity contribution in [1.82, 2.24) is 5.32 Å². The van der Waals surface area contributed by atoms with Crippen LogP contribution in [0.1, 0.15) is 36.6 Å². The first-order valence-electron chi connectivity index (χ1n) is 6.89. The van der Waals surface area contributed by atoms with E-state index in [-0.39, 0.29) is 17.9 Å². The van der Waals surface area contributed by atoms with Gasteiger partial charge in [-0.15, -0.1) is 0 Å². The SMILES string of the molecule is C[C@H](NC(=O)CC1CNc2ccccc21)c1ccco1. The fraction of sp³-hybridized carbons (Fsp3) is 0.312. The lowest BCUT2D eigenvalue weighted by Crippen LogP contribution is -2.28. The van der Waals surface area contributed by atoms with Gasteiger partial charge in [-0.2, -0.15) is 0 Å². The molecule has 0 aliphatic carbocycles. The van der Waals surface area contributed by atoms with Crippen molar-refractivity contribution in [2.75, 3.05) is 11.9 Å². The topological polar surface area (TPSA) is 54.3 Å². The number of fused-ring (bicyclic) bond motifs is 1. The molecule has 1 aliphatic heterocycles. The van der Waals surface area contributed by atoms with Crippen LogP contribution in [0.3, 0.4) is 0 Å². The molecule has 0 radical (unpaired) electrons. The molecule has 1 aromatic carbocycles. The molecule has 2 heterocycles. The van der Waals surface area contributed by atoms with Crippen LogP contribution in [0.5, 0.6) is 0 Å². The smallest absolute Gasteiger partial charge is 0.221 e. The molecule has 0 saturated carbocycles. The number of hydrogen-bond acceptors (Lipinski definition) is 3. The van der Waals surface area contributed by atoms with E-state index in [2.05, 4.69) is 22.8 Å². The number of furan rings is 1. The maximum absolute atomic E-state index is 12.1. The summed E-state index contributed by atoms with van der Waals surface area (Å²) >= 11 is 0. The van der Waals surface area contributed by atoms with E-state index in [1.54, 1.807) is 6.26 Å². The molecular weight excluding hydrogens is 252 g/mol. The van der Waals surface area contributed by atoms with Crippen molar-refractivity contribution >= 4 is 11.6 Å². The van der Waals surface area contributed by atoms with Crippen LogP contribution in [0.4, 0.5) is 5.69 Å². The summed E-state index contributed by atoms with van der Waals surface area (Å²) in [6, 6.07) is 11.8. The third kappa shape index (κ3) is 2.54. The Bertz CT molecular complexity index is 592. The monoisotopic (exact) mass is 270 g/mol. The number of hydrogen-bond donors (Lipinski definition) is 2. The second-order valence-corrected chi connectivity index (χ2v) is 5.17. The standard InChI is InChI=1S/C16H18N2O2/c1-11(15-7-4-8-20-15)18-16(19)9-12-10-17-14-6-3-2-5-13(12)14/h2-8,11-12,17H,9-10H2,1H3,(H,18,19)/t11-,12?/m0/s1. The summed E-state index contributed by atoms with van der Waals surface area (Å²) in [5.41, 5.74) is 2.37. The maximum atomic E-state index is 12.1. The van der Waals surface area contributed by atoms with Gasteiger partial charge in [-0.05, 0) is 30.7 Å². The Balaban J connectivity index is 1.60. The normalized spacial score (nSPS) is 18.1. The summed E-state index contributed by atoms with van der Waals surface area (Å²) in [5.74, 6) is 1.08. The number of benzene rings is 1. The Labute approximate surface area is 118 Å². The van der Waals surface area contributed by atoms with E-state index in [0.717, 1.165) is 18.0 Å². The number of anilines is 1. The van der Waals surface area contributed by atoms with Crippen molar-refractivity contribution in [3.05, 3.63) is 54.0 Å². The molecule has 104 valence electrons. The molecule has 4 heteroatoms. The summed E-state index contributed by atoms with van der Waals surface area (Å²) in [5, 5.41) is 6.32. The van der Waals surface area contributed by atoms with Crippen LogP contribution < -0.4 is 10.6 Å². The fourth-order valence-electron chi connectivity index (χ4n) is 2.67. The second-order valence-electron chi connectivity index (χ2n) is 5.17. The number of rotatable bonds is 4. The lowest BCUT2D eigenvalue weighted by molar-refractivity contribution is -0.122. The average molecular weight is 270 g/mol. The first kappa shape index (κ1) is 12.8. The molecule has 0 saturated heterocycles. The van der Waals surface area contributed by atoms with Crippen LogP contribution >= 0.6 is 0 Å². The Morgan fingerprint density at radius 1 is 1.40 bits per heavy atom. The van der Waals surface area contributed by atoms with Gasteiger partial charge in [-0.1, -0.05) is 18.2 Å². The molecule has 2 atom stereocenters. The number of nitrogens with one attached hydrogen (secondary N) is 2. The molecule has 3 rings (SSSR count). The first-order chi connectivity index (χ1) is 9.74. The summed E-state index contributed by atoms with van der Waals surface area (Å²) in [6.07, 6.45) is 2.12. The minimum absolute atomic E-state index is 0.0532. The first-order valence-corrected chi connectivity index (χ1v) is 6.89. The zero-order valence-electron chi connectivity index (χ0n) is 11.4. The van der Waals surface area contributed by atoms with E-state index in [1.807, 2.05) is 31.2 Å². The highest BCUT2D eigenvalue weighted by molar-refractivity contribution is 5.78. The van der Waals surface area contributed by atoms with Crippen LogP contribution in [0.2, 0.25) is 0 Å². The van der Waals surface area contributed by atoms with Crippen molar-refractivity contribution in [2.45, 2.75) is 25.3 Å². The molecule has 4 nitrogen and oxygen atoms in total. The predicted octanol–water partition coefficient (Wildman–Crippen LogP) is 3.06. The Morgan fingerprint density at radius 3 is 3.05 bits per heavy atom. The lowest BCUT2D eigenvalue weighted by Gasteiger charge is -2.14. The van der Waals surface area contributed by atoms with Crippen molar-refractivity contribution in [2.24, 2.45) is 0 Å². The van der Waals surface area contributed by atoms with Gasteiger partial charge in [0.15, 0.2) is 0 Å². The van der Waals surface area contributed by atoms with Gasteiger partial charge in [0, 0.05) is 24.6 Å². The third-order valence-corrected chi connectivity index (χ3v) is 3.72. The Hall–Kier alpha value is -2.23. The molecule has 1 unspecified atom stereocenters. The number of carbonyl (C=O) groups excluding carboxylic acids is 1. The minimum atomic E-state index is -0.0953. The van der Waals surface area contributed by atoms with Gasteiger partial charge in [0.25, 0.3) is 0 Å². The van der Waals surface area contributed by atoms with Crippen molar-refractivity contribution in [3.8, 4) is 0 Å². The van der Waals surface area contributed by atoms with E-state index in [0.29, 0.717) is 6.42 Å². The summed E-state index contributed by atoms with van der Waals surface area (Å²) in [6.45, 7) is 2.75. The highest BCUT2D eigenvalue weighted by Gasteiger charge is 2.24. The van der Waals surface area contributed by atoms with E-state index in [4.69, 9.17) is 4.42 Å². The minimum Gasteiger partial charge on any atom is -0.467 e. The zero-order chi connectivity index (χ0) is 13.9. The Kier molecular flexibility index (Phi) is 3.46. The number of carbonyl (C=O) groups is 1. The molecule has 1 amide bonds. The molecule has 2 aromatic rings. The summed E-state index contributed by atoms with van der Waals surface area (Å²) in [4.78, 5) is 12.1. The quantitative estimate of drug-likeness (QED) is 0.897. The van der Waals surface area contributed by atoms with E-state index >= 15 is 0 Å². The predicted molar refractivity (Wildman–Crippen MR) is 77.6 cm³/mol. The lowest BCUT2D eigenvalue weighted by atomic mass is 9.97. The van der Waals surface area contributed by atoms with Gasteiger partial charge in [-0.25, -0.2) is 0 Å². The van der Waals surface area contributed by atoms with Gasteiger partial charge < -0.3 is 15.1 Å². The maximum Gasteiger partial charge on any atom is 0.221 e. The average Bonchev–Trinajstić information content (AvgIpc) is 3.09. The van der Waals surface area contributed by atoms with Gasteiger partial charge in [-0.3, -0.25) is 4.79 Å². The van der Waals surface area contributed by atoms with Crippen LogP contribution in [0.25, 0.3) is 0 Å². The summed E-state index contributed by atoms with van der Waals surface area (Å²) < 4.78 is 5.30. The molecule has 0 bridgehead atoms. The van der Waals surface area contributed by atoms with Gasteiger partial charge in [0.1, 0.15) is 5.76 Å². The van der Waals surface area contributed by atoms with E-state index < -0.39 is 0 Å². The van der Waals surface area contributed by atoms with Crippen molar-refractivity contribution < 1.29 is 9.21 Å². The second kappa shape index (κ2) is 5.41. The Morgan fingerprint density at radius 2 is 2.25 bits per heavy atom. The molecule has 1 aliphatic rings. The molecule has 2 N–H and O–H groups in total. The van der Waals surface area contributed by atoms with Crippen molar-refractivity contribution in [3.63, 3.8) is 0 Å². The highest BCUT2D eigenvalue weighted by atomic mass is 16.3. The largest absolute Gasteiger partial charge is 0.467 e. The zero-order valence-corrected chi connectivity index (χ0v) is 11.4. The molecule has 1 aromatic heterocycles. The van der Waals surface area contributed by atoms with Crippen LogP contribution in [0, 0.1) is 0 Å². The van der Waals surface area contributed by atoms with E-state index in [9.17, 15) is 4.79 Å². The molecule has 0 spiro atoms. The van der Waals surface area contributed by atoms with Crippen LogP contribution in [0.15, 0.2) is 47.1 Å². The highest BCUT2D eigenvalue weighted by Crippen LogP contribution is 2.33. The van der Waals surface area contributed by atoms with Gasteiger partial charge in [0.2, 0.25) is 5.91 Å². The van der Waals surface area contributed by atoms with Crippen LogP contribution in [-0.4, -0.2) is 12.5 Å². The van der Waals surface area contributed by atoms with Crippen molar-refractivity contribution in [1.29, 1.82) is 0 Å². The van der Waals surface area contributed by atoms with Crippen LogP contribution in [-0.2, 0) is 4.79 Å². The van der Waals surface area contributed by atoms with Gasteiger partial charge in [0.05, 0.1) is 12.3 Å². The number of amides is 1. The van der Waals surface area contributed by atoms with E-state index in [1.165, 1.54) is 5.56 Å². The molecule has 0 fully saturated rings. The fourth-order valence-corrected chi connectivity index (χ4v) is 2.67. The van der Waals surface area contributed by atoms with Gasteiger partial charge >= 0.3 is 0 Å². The number of para-hydroxylation sites is 1. The summed E-state index contributed by atoms with van der Waals surface area (Å²) in [7, 11) is 0.